The molecule has 0 amide bonds. The van der Waals surface area contributed by atoms with Crippen LogP contribution >= 0.6 is 11.6 Å². The van der Waals surface area contributed by atoms with Crippen LogP contribution in [0.2, 0.25) is 5.15 Å². The predicted molar refractivity (Wildman–Crippen MR) is 50.1 cm³/mol. The molecule has 0 saturated carbocycles. The largest absolute Gasteiger partial charge is 0.465 e. The number of methoxy groups -OCH3 is 1. The Kier molecular flexibility index (Phi) is 3.08. The highest BCUT2D eigenvalue weighted by molar-refractivity contribution is 6.29. The number of hydrogen-bond acceptors (Lipinski definition) is 4. The number of carbonyl (C=O) groups excluding carboxylic acids is 1. The van der Waals surface area contributed by atoms with Gasteiger partial charge in [0.2, 0.25) is 0 Å². The Hall–Kier alpha value is -1.29. The van der Waals surface area contributed by atoms with Crippen molar-refractivity contribution < 1.29 is 9.53 Å². The van der Waals surface area contributed by atoms with Gasteiger partial charge in [-0.2, -0.15) is 0 Å². The number of esters is 1. The predicted octanol–water partition coefficient (Wildman–Crippen LogP) is 1.56. The van der Waals surface area contributed by atoms with Crippen LogP contribution in [0.1, 0.15) is 10.4 Å². The van der Waals surface area contributed by atoms with Crippen molar-refractivity contribution in [3.8, 4) is 0 Å². The molecule has 1 aromatic heterocycles. The SMILES string of the molecule is CNc1nc(Cl)ccc1C(=O)OC. The lowest BCUT2D eigenvalue weighted by molar-refractivity contribution is 0.0601. The van der Waals surface area contributed by atoms with Gasteiger partial charge in [0.05, 0.1) is 7.11 Å². The molecule has 0 bridgehead atoms. The number of nitrogens with one attached hydrogen (secondary N) is 1. The van der Waals surface area contributed by atoms with Crippen molar-refractivity contribution in [3.63, 3.8) is 0 Å². The lowest BCUT2D eigenvalue weighted by Crippen LogP contribution is -2.07. The van der Waals surface area contributed by atoms with Crippen molar-refractivity contribution >= 4 is 23.4 Å². The minimum Gasteiger partial charge on any atom is -0.465 e. The second-order valence-corrected chi connectivity index (χ2v) is 2.66. The van der Waals surface area contributed by atoms with Crippen LogP contribution in [0.4, 0.5) is 5.82 Å². The second kappa shape index (κ2) is 4.09. The molecule has 0 aromatic carbocycles. The second-order valence-electron chi connectivity index (χ2n) is 2.27. The van der Waals surface area contributed by atoms with E-state index in [0.717, 1.165) is 0 Å². The summed E-state index contributed by atoms with van der Waals surface area (Å²) in [5.41, 5.74) is 0.370. The molecule has 5 heteroatoms. The monoisotopic (exact) mass is 200 g/mol. The van der Waals surface area contributed by atoms with Crippen LogP contribution in [0.5, 0.6) is 0 Å². The molecule has 4 nitrogen and oxygen atoms in total. The molecule has 0 atom stereocenters. The van der Waals surface area contributed by atoms with Gasteiger partial charge in [-0.25, -0.2) is 9.78 Å². The molecule has 0 aliphatic carbocycles. The zero-order valence-corrected chi connectivity index (χ0v) is 8.05. The van der Waals surface area contributed by atoms with Crippen molar-refractivity contribution in [2.24, 2.45) is 0 Å². The van der Waals surface area contributed by atoms with Crippen LogP contribution < -0.4 is 5.32 Å². The van der Waals surface area contributed by atoms with Crippen LogP contribution in [0.15, 0.2) is 12.1 Å². The number of ether oxygens (including phenoxy) is 1. The third-order valence-electron chi connectivity index (χ3n) is 1.50. The first-order chi connectivity index (χ1) is 6.19. The molecule has 0 saturated heterocycles. The van der Waals surface area contributed by atoms with Gasteiger partial charge in [-0.15, -0.1) is 0 Å². The minimum absolute atomic E-state index is 0.331. The molecule has 0 fully saturated rings. The van der Waals surface area contributed by atoms with Gasteiger partial charge in [0.1, 0.15) is 16.5 Å². The maximum Gasteiger partial charge on any atom is 0.341 e. The smallest absolute Gasteiger partial charge is 0.341 e. The summed E-state index contributed by atoms with van der Waals surface area (Å²) in [6.07, 6.45) is 0. The maximum atomic E-state index is 11.2. The van der Waals surface area contributed by atoms with Crippen LogP contribution in [-0.2, 0) is 4.74 Å². The van der Waals surface area contributed by atoms with E-state index in [1.807, 2.05) is 0 Å². The number of halogens is 1. The molecule has 1 heterocycles. The van der Waals surface area contributed by atoms with Crippen molar-refractivity contribution in [1.82, 2.24) is 4.98 Å². The molecule has 0 spiro atoms. The zero-order chi connectivity index (χ0) is 9.84. The quantitative estimate of drug-likeness (QED) is 0.582. The van der Waals surface area contributed by atoms with Gasteiger partial charge in [0.25, 0.3) is 0 Å². The van der Waals surface area contributed by atoms with Gasteiger partial charge in [0.15, 0.2) is 0 Å². The normalized spacial score (nSPS) is 9.46. The van der Waals surface area contributed by atoms with E-state index in [4.69, 9.17) is 11.6 Å². The summed E-state index contributed by atoms with van der Waals surface area (Å²) in [5.74, 6) is -0.0205. The first kappa shape index (κ1) is 9.80. The first-order valence-electron chi connectivity index (χ1n) is 3.61. The van der Waals surface area contributed by atoms with Gasteiger partial charge in [-0.1, -0.05) is 11.6 Å². The van der Waals surface area contributed by atoms with Crippen LogP contribution in [0, 0.1) is 0 Å². The Morgan fingerprint density at radius 1 is 1.62 bits per heavy atom. The Morgan fingerprint density at radius 2 is 2.31 bits per heavy atom. The number of nitrogens with zero attached hydrogens (tertiary/aromatic N) is 1. The van der Waals surface area contributed by atoms with Crippen molar-refractivity contribution in [3.05, 3.63) is 22.8 Å². The molecule has 1 rings (SSSR count). The fourth-order valence-corrected chi connectivity index (χ4v) is 1.05. The number of anilines is 1. The van der Waals surface area contributed by atoms with Crippen LogP contribution in [-0.4, -0.2) is 25.1 Å². The first-order valence-corrected chi connectivity index (χ1v) is 3.99. The number of aromatic nitrogens is 1. The van der Waals surface area contributed by atoms with Gasteiger partial charge < -0.3 is 10.1 Å². The highest BCUT2D eigenvalue weighted by atomic mass is 35.5. The summed E-state index contributed by atoms with van der Waals surface area (Å²) < 4.78 is 4.56. The molecular weight excluding hydrogens is 192 g/mol. The molecule has 70 valence electrons. The Balaban J connectivity index is 3.13. The third kappa shape index (κ3) is 2.09. The minimum atomic E-state index is -0.437. The lowest BCUT2D eigenvalue weighted by Gasteiger charge is -2.05. The summed E-state index contributed by atoms with van der Waals surface area (Å²) in [6, 6.07) is 3.10. The molecule has 1 aromatic rings. The molecule has 13 heavy (non-hydrogen) atoms. The highest BCUT2D eigenvalue weighted by Gasteiger charge is 2.11. The van der Waals surface area contributed by atoms with Crippen molar-refractivity contribution in [2.75, 3.05) is 19.5 Å². The summed E-state index contributed by atoms with van der Waals surface area (Å²) in [5, 5.41) is 3.09. The van der Waals surface area contributed by atoms with Gasteiger partial charge in [-0.3, -0.25) is 0 Å². The van der Waals surface area contributed by atoms with E-state index < -0.39 is 5.97 Å². The van der Waals surface area contributed by atoms with Gasteiger partial charge in [-0.05, 0) is 12.1 Å². The van der Waals surface area contributed by atoms with E-state index in [1.165, 1.54) is 13.2 Å². The van der Waals surface area contributed by atoms with E-state index in [1.54, 1.807) is 13.1 Å². The molecule has 0 aliphatic heterocycles. The topological polar surface area (TPSA) is 51.2 Å². The van der Waals surface area contributed by atoms with Gasteiger partial charge >= 0.3 is 5.97 Å². The lowest BCUT2D eigenvalue weighted by atomic mass is 10.2. The van der Waals surface area contributed by atoms with Gasteiger partial charge in [0, 0.05) is 7.05 Å². The summed E-state index contributed by atoms with van der Waals surface area (Å²) in [7, 11) is 2.97. The molecule has 0 unspecified atom stereocenters. The van der Waals surface area contributed by atoms with Crippen molar-refractivity contribution in [1.29, 1.82) is 0 Å². The summed E-state index contributed by atoms with van der Waals surface area (Å²) in [4.78, 5) is 15.1. The Bertz CT molecular complexity index is 328. The van der Waals surface area contributed by atoms with Crippen molar-refractivity contribution in [2.45, 2.75) is 0 Å². The Morgan fingerprint density at radius 3 is 2.85 bits per heavy atom. The summed E-state index contributed by atoms with van der Waals surface area (Å²) in [6.45, 7) is 0. The number of rotatable bonds is 2. The average Bonchev–Trinajstić information content (AvgIpc) is 2.16. The average molecular weight is 201 g/mol. The molecule has 0 aliphatic rings. The third-order valence-corrected chi connectivity index (χ3v) is 1.71. The molecular formula is C8H9ClN2O2. The maximum absolute atomic E-state index is 11.2. The Labute approximate surface area is 80.9 Å². The molecule has 0 radical (unpaired) electrons. The van der Waals surface area contributed by atoms with E-state index in [9.17, 15) is 4.79 Å². The standard InChI is InChI=1S/C8H9ClN2O2/c1-10-7-5(8(12)13-2)3-4-6(9)11-7/h3-4H,1-2H3,(H,10,11). The summed E-state index contributed by atoms with van der Waals surface area (Å²) >= 11 is 5.64. The number of hydrogen-bond donors (Lipinski definition) is 1. The van der Waals surface area contributed by atoms with Crippen LogP contribution in [0.25, 0.3) is 0 Å². The van der Waals surface area contributed by atoms with E-state index >= 15 is 0 Å². The fraction of sp³-hybridized carbons (Fsp3) is 0.250. The fourth-order valence-electron chi connectivity index (χ4n) is 0.901. The van der Waals surface area contributed by atoms with E-state index in [0.29, 0.717) is 16.5 Å². The van der Waals surface area contributed by atoms with Crippen LogP contribution in [0.3, 0.4) is 0 Å². The zero-order valence-electron chi connectivity index (χ0n) is 7.30. The number of carbonyl (C=O) groups is 1. The highest BCUT2D eigenvalue weighted by Crippen LogP contribution is 2.16. The van der Waals surface area contributed by atoms with E-state index in [-0.39, 0.29) is 0 Å². The molecule has 1 N–H and O–H groups in total. The number of pyridine rings is 1. The van der Waals surface area contributed by atoms with E-state index in [2.05, 4.69) is 15.0 Å².